The third-order valence-electron chi connectivity index (χ3n) is 14.9. The van der Waals surface area contributed by atoms with Crippen molar-refractivity contribution in [3.05, 3.63) is 41.7 Å². The number of nitrogens with one attached hydrogen (secondary N) is 6. The van der Waals surface area contributed by atoms with E-state index >= 15 is 0 Å². The topological polar surface area (TPSA) is 412 Å². The van der Waals surface area contributed by atoms with Crippen LogP contribution < -0.4 is 49.1 Å². The molecule has 2 saturated heterocycles. The van der Waals surface area contributed by atoms with Gasteiger partial charge >= 0.3 is 6.03 Å². The van der Waals surface area contributed by atoms with E-state index < -0.39 is 89.3 Å². The molecule has 7 amide bonds. The van der Waals surface area contributed by atoms with E-state index in [-0.39, 0.29) is 126 Å². The Labute approximate surface area is 499 Å². The number of unbranched alkanes of at least 4 members (excludes halogenated alkanes) is 1. The second-order valence-corrected chi connectivity index (χ2v) is 23.4. The van der Waals surface area contributed by atoms with Crippen molar-refractivity contribution in [3.63, 3.8) is 0 Å². The molecule has 2 bridgehead atoms. The van der Waals surface area contributed by atoms with Gasteiger partial charge in [-0.05, 0) is 81.4 Å². The number of ether oxygens (including phenoxy) is 3. The Hall–Kier alpha value is -7.04. The van der Waals surface area contributed by atoms with Crippen molar-refractivity contribution in [3.8, 4) is 5.75 Å². The van der Waals surface area contributed by atoms with Gasteiger partial charge in [0.1, 0.15) is 30.2 Å². The van der Waals surface area contributed by atoms with Gasteiger partial charge in [0.15, 0.2) is 23.3 Å². The SMILES string of the molecule is CC(C)[C@H]1CC(=O)CNC(=O)CCC(=O)[C@@H](Cc2ccc(O)cc2)NC(=O)[C@@H](CC(=O)COCCOCCOCCCC(=O)CCCC[C@H]2SC[C@H]3NC(=O)N[C@H]32)Cc2cn(nn2)CCCC[C@@H](C(N)=O)NC(=O)C(CCCN=C(N)N)NC1=O. The highest BCUT2D eigenvalue weighted by molar-refractivity contribution is 8.00. The number of rotatable bonds is 27. The van der Waals surface area contributed by atoms with E-state index in [1.807, 2.05) is 11.8 Å². The summed E-state index contributed by atoms with van der Waals surface area (Å²) in [5.41, 5.74) is 17.6. The van der Waals surface area contributed by atoms with Crippen molar-refractivity contribution in [1.29, 1.82) is 0 Å². The maximum absolute atomic E-state index is 14.3. The molecule has 27 nitrogen and oxygen atoms in total. The van der Waals surface area contributed by atoms with Crippen molar-refractivity contribution < 1.29 is 67.3 Å². The summed E-state index contributed by atoms with van der Waals surface area (Å²) in [5.74, 6) is -6.35. The van der Waals surface area contributed by atoms with Crippen LogP contribution in [0.15, 0.2) is 35.5 Å². The monoisotopic (exact) mass is 1210 g/mol. The first-order chi connectivity index (χ1) is 40.7. The number of ketones is 4. The lowest BCUT2D eigenvalue weighted by Crippen LogP contribution is -2.54. The third-order valence-corrected chi connectivity index (χ3v) is 16.4. The number of aromatic hydroxyl groups is 1. The Morgan fingerprint density at radius 3 is 2.22 bits per heavy atom. The van der Waals surface area contributed by atoms with Gasteiger partial charge in [-0.3, -0.25) is 52.8 Å². The molecule has 0 aliphatic carbocycles. The number of fused-ring (bicyclic) bond motifs is 3. The number of phenols is 1. The maximum atomic E-state index is 14.3. The summed E-state index contributed by atoms with van der Waals surface area (Å²) < 4.78 is 18.4. The quantitative estimate of drug-likeness (QED) is 0.0250. The molecule has 3 aliphatic rings. The third kappa shape index (κ3) is 25.6. The molecule has 8 atom stereocenters. The number of aliphatic imine (C=N–C) groups is 1. The number of amides is 7. The molecule has 3 aliphatic heterocycles. The molecule has 5 rings (SSSR count). The van der Waals surface area contributed by atoms with Crippen molar-refractivity contribution >= 4 is 76.4 Å². The van der Waals surface area contributed by atoms with Crippen molar-refractivity contribution in [2.45, 2.75) is 165 Å². The van der Waals surface area contributed by atoms with Crippen LogP contribution in [0.1, 0.15) is 121 Å². The Morgan fingerprint density at radius 2 is 1.49 bits per heavy atom. The molecule has 0 spiro atoms. The molecule has 2 fully saturated rings. The number of aryl methyl sites for hydroxylation is 1. The van der Waals surface area contributed by atoms with Gasteiger partial charge in [0.2, 0.25) is 29.5 Å². The smallest absolute Gasteiger partial charge is 0.315 e. The Balaban J connectivity index is 1.17. The van der Waals surface area contributed by atoms with E-state index in [0.717, 1.165) is 25.0 Å². The number of urea groups is 1. The lowest BCUT2D eigenvalue weighted by molar-refractivity contribution is -0.135. The van der Waals surface area contributed by atoms with Crippen LogP contribution in [0.3, 0.4) is 0 Å². The number of carbonyl (C=O) groups is 10. The zero-order valence-corrected chi connectivity index (χ0v) is 49.7. The summed E-state index contributed by atoms with van der Waals surface area (Å²) in [6.45, 7) is 4.24. The van der Waals surface area contributed by atoms with Crippen LogP contribution >= 0.6 is 11.8 Å². The van der Waals surface area contributed by atoms with Crippen LogP contribution in [-0.4, -0.2) is 179 Å². The standard InChI is InChI=1S/C57H87N13O14S/c1-35(2)43-30-41(73)31-62-50(76)19-18-48(75)46(27-36-14-16-40(72)17-15-36)65-53(78)37(28-38-32-70(69-68-38)21-6-5-11-44(52(58)77)63-55(80)45(64-54(43)79)12-7-20-61-56(59)60)29-42(74)33-84-26-25-83-24-23-82-22-8-10-39(71)9-3-4-13-49-51-47(34-85-49)66-57(81)67-51/h14-17,32,35,37,43-47,49,51,72H,3-13,18-31,33-34H2,1-2H3,(H2,58,77)(H,62,76)(H,63,80)(H,64,79)(H,65,78)(H4,59,60,61)(H2,66,67,81)/t37-,43-,44+,45?,46-,47-,49-,51-/m1/s1. The lowest BCUT2D eigenvalue weighted by Gasteiger charge is -2.25. The zero-order chi connectivity index (χ0) is 61.7. The van der Waals surface area contributed by atoms with E-state index in [1.165, 1.54) is 16.8 Å². The first-order valence-electron chi connectivity index (χ1n) is 29.4. The van der Waals surface area contributed by atoms with Crippen molar-refractivity contribution in [1.82, 2.24) is 46.9 Å². The van der Waals surface area contributed by atoms with Gasteiger partial charge in [-0.2, -0.15) is 11.8 Å². The van der Waals surface area contributed by atoms with Crippen LogP contribution in [0, 0.1) is 17.8 Å². The molecule has 1 unspecified atom stereocenters. The van der Waals surface area contributed by atoms with Gasteiger partial charge in [0.25, 0.3) is 0 Å². The van der Waals surface area contributed by atoms with E-state index in [1.54, 1.807) is 32.2 Å². The number of thioether (sulfide) groups is 1. The molecular weight excluding hydrogens is 1120 g/mol. The minimum Gasteiger partial charge on any atom is -0.508 e. The number of phenolic OH excluding ortho intramolecular Hbond substituents is 1. The van der Waals surface area contributed by atoms with Crippen LogP contribution in [-0.2, 0) is 76.7 Å². The molecule has 4 heterocycles. The van der Waals surface area contributed by atoms with E-state index in [0.29, 0.717) is 68.4 Å². The molecule has 470 valence electrons. The highest BCUT2D eigenvalue weighted by atomic mass is 32.2. The fourth-order valence-electron chi connectivity index (χ4n) is 10.1. The van der Waals surface area contributed by atoms with Crippen LogP contribution in [0.5, 0.6) is 5.75 Å². The molecule has 85 heavy (non-hydrogen) atoms. The van der Waals surface area contributed by atoms with Gasteiger partial charge in [0, 0.05) is 87.8 Å². The van der Waals surface area contributed by atoms with E-state index in [9.17, 15) is 53.1 Å². The first kappa shape index (κ1) is 68.7. The second kappa shape index (κ2) is 36.7. The van der Waals surface area contributed by atoms with Crippen LogP contribution in [0.2, 0.25) is 0 Å². The van der Waals surface area contributed by atoms with Gasteiger partial charge in [0.05, 0.1) is 62.7 Å². The first-order valence-corrected chi connectivity index (χ1v) is 30.5. The second-order valence-electron chi connectivity index (χ2n) is 22.1. The number of carbonyl (C=O) groups excluding carboxylic acids is 10. The largest absolute Gasteiger partial charge is 0.508 e. The van der Waals surface area contributed by atoms with Crippen LogP contribution in [0.4, 0.5) is 4.79 Å². The summed E-state index contributed by atoms with van der Waals surface area (Å²) >= 11 is 1.87. The molecular formula is C57H87N13O14S. The number of nitrogens with two attached hydrogens (primary N) is 3. The Morgan fingerprint density at radius 1 is 0.776 bits per heavy atom. The number of Topliss-reactive ketones (excluding diaryl/α,β-unsaturated/α-hetero) is 4. The highest BCUT2D eigenvalue weighted by Crippen LogP contribution is 2.33. The summed E-state index contributed by atoms with van der Waals surface area (Å²) in [4.78, 5) is 136. The van der Waals surface area contributed by atoms with Gasteiger partial charge in [-0.25, -0.2) is 4.79 Å². The normalized spacial score (nSPS) is 23.4. The zero-order valence-electron chi connectivity index (χ0n) is 48.9. The molecule has 0 radical (unpaired) electrons. The molecule has 2 aromatic rings. The summed E-state index contributed by atoms with van der Waals surface area (Å²) in [7, 11) is 0. The average Bonchev–Trinajstić information content (AvgIpc) is 3.47. The number of benzene rings is 1. The average molecular weight is 1210 g/mol. The van der Waals surface area contributed by atoms with Gasteiger partial charge < -0.3 is 68.4 Å². The molecule has 1 aromatic carbocycles. The Bertz CT molecular complexity index is 2580. The fraction of sp³-hybridized carbons (Fsp3) is 0.667. The number of guanidine groups is 1. The predicted octanol–water partition coefficient (Wildman–Crippen LogP) is 0.343. The molecule has 13 N–H and O–H groups in total. The maximum Gasteiger partial charge on any atom is 0.315 e. The number of hydrogen-bond donors (Lipinski definition) is 10. The minimum atomic E-state index is -1.19. The van der Waals surface area contributed by atoms with Crippen molar-refractivity contribution in [2.24, 2.45) is 39.9 Å². The molecule has 1 aromatic heterocycles. The number of hydrogen-bond acceptors (Lipinski definition) is 18. The number of nitrogens with zero attached hydrogens (tertiary/aromatic N) is 4. The van der Waals surface area contributed by atoms with E-state index in [4.69, 9.17) is 31.4 Å². The van der Waals surface area contributed by atoms with Crippen LogP contribution in [0.25, 0.3) is 0 Å². The molecule has 0 saturated carbocycles. The number of primary amides is 1. The fourth-order valence-corrected chi connectivity index (χ4v) is 11.6. The van der Waals surface area contributed by atoms with Gasteiger partial charge in [-0.15, -0.1) is 5.10 Å². The minimum absolute atomic E-state index is 0.0227. The van der Waals surface area contributed by atoms with E-state index in [2.05, 4.69) is 47.2 Å². The highest BCUT2D eigenvalue weighted by Gasteiger charge is 2.42. The number of aromatic nitrogens is 3. The summed E-state index contributed by atoms with van der Waals surface area (Å²) in [6.07, 6.45) is 5.68. The summed E-state index contributed by atoms with van der Waals surface area (Å²) in [6, 6.07) is 2.78. The molecule has 28 heteroatoms. The van der Waals surface area contributed by atoms with Crippen molar-refractivity contribution in [2.75, 3.05) is 58.5 Å². The predicted molar refractivity (Wildman–Crippen MR) is 313 cm³/mol. The Kier molecular flexibility index (Phi) is 29.7. The lowest BCUT2D eigenvalue weighted by atomic mass is 9.89. The van der Waals surface area contributed by atoms with Gasteiger partial charge in [-0.1, -0.05) is 37.6 Å². The summed E-state index contributed by atoms with van der Waals surface area (Å²) in [5, 5.41) is 35.5.